The van der Waals surface area contributed by atoms with Crippen LogP contribution in [-0.4, -0.2) is 36.3 Å². The van der Waals surface area contributed by atoms with Crippen molar-refractivity contribution in [2.75, 3.05) is 6.61 Å². The van der Waals surface area contributed by atoms with E-state index >= 15 is 0 Å². The van der Waals surface area contributed by atoms with Crippen LogP contribution in [0.15, 0.2) is 0 Å². The van der Waals surface area contributed by atoms with E-state index in [4.69, 9.17) is 21.3 Å². The lowest BCUT2D eigenvalue weighted by atomic mass is 10.3. The zero-order valence-corrected chi connectivity index (χ0v) is 7.03. The van der Waals surface area contributed by atoms with Crippen molar-refractivity contribution in [3.05, 3.63) is 0 Å². The lowest BCUT2D eigenvalue weighted by Gasteiger charge is -2.17. The Bertz CT molecular complexity index is 144. The van der Waals surface area contributed by atoms with Gasteiger partial charge in [-0.2, -0.15) is 0 Å². The van der Waals surface area contributed by atoms with Crippen LogP contribution in [0.25, 0.3) is 0 Å². The van der Waals surface area contributed by atoms with Gasteiger partial charge in [0.15, 0.2) is 0 Å². The Morgan fingerprint density at radius 3 is 2.42 bits per heavy atom. The van der Waals surface area contributed by atoms with Gasteiger partial charge in [-0.15, -0.1) is 0 Å². The summed E-state index contributed by atoms with van der Waals surface area (Å²) < 4.78 is 5.34. The minimum atomic E-state index is -0.429. The fraction of sp³-hybridized carbons (Fsp3) is 1.00. The lowest BCUT2D eigenvalue weighted by Crippen LogP contribution is -2.47. The molecule has 0 amide bonds. The average Bonchev–Trinajstić information content (AvgIpc) is 2.51. The van der Waals surface area contributed by atoms with Gasteiger partial charge in [0.1, 0.15) is 12.5 Å². The standard InChI is InChI=1S/C6H16N4O2/c1-3(7)5-9-10-6(12-5)4(8)2-11/h3-6,9-11H,2,7-8H2,1H3. The third kappa shape index (κ3) is 2.13. The van der Waals surface area contributed by atoms with E-state index in [1.807, 2.05) is 6.92 Å². The Kier molecular flexibility index (Phi) is 3.39. The van der Waals surface area contributed by atoms with Crippen LogP contribution in [0.3, 0.4) is 0 Å². The Morgan fingerprint density at radius 1 is 1.42 bits per heavy atom. The number of rotatable bonds is 3. The van der Waals surface area contributed by atoms with Crippen LogP contribution in [0.5, 0.6) is 0 Å². The Balaban J connectivity index is 2.35. The summed E-state index contributed by atoms with van der Waals surface area (Å²) in [5.74, 6) is 0. The predicted octanol–water partition coefficient (Wildman–Crippen LogP) is -2.57. The maximum absolute atomic E-state index is 8.72. The van der Waals surface area contributed by atoms with Gasteiger partial charge in [0.2, 0.25) is 0 Å². The quantitative estimate of drug-likeness (QED) is 0.324. The minimum Gasteiger partial charge on any atom is -0.395 e. The number of aliphatic hydroxyl groups is 1. The minimum absolute atomic E-state index is 0.117. The molecule has 0 aromatic rings. The fourth-order valence-corrected chi connectivity index (χ4v) is 0.949. The smallest absolute Gasteiger partial charge is 0.140 e. The Morgan fingerprint density at radius 2 is 2.00 bits per heavy atom. The number of aliphatic hydroxyl groups excluding tert-OH is 1. The molecule has 0 saturated carbocycles. The number of nitrogens with one attached hydrogen (secondary N) is 2. The van der Waals surface area contributed by atoms with Gasteiger partial charge in [-0.1, -0.05) is 0 Å². The van der Waals surface area contributed by atoms with Gasteiger partial charge in [-0.3, -0.25) is 0 Å². The first-order chi connectivity index (χ1) is 5.65. The van der Waals surface area contributed by atoms with Crippen molar-refractivity contribution in [1.82, 2.24) is 10.9 Å². The molecule has 0 spiro atoms. The molecule has 4 atom stereocenters. The molecule has 1 rings (SSSR count). The van der Waals surface area contributed by atoms with E-state index in [0.717, 1.165) is 0 Å². The van der Waals surface area contributed by atoms with Gasteiger partial charge in [-0.05, 0) is 6.92 Å². The molecule has 1 heterocycles. The van der Waals surface area contributed by atoms with E-state index in [1.165, 1.54) is 0 Å². The van der Waals surface area contributed by atoms with Crippen molar-refractivity contribution in [3.8, 4) is 0 Å². The Hall–Kier alpha value is -0.240. The topological polar surface area (TPSA) is 106 Å². The van der Waals surface area contributed by atoms with Crippen LogP contribution in [0.4, 0.5) is 0 Å². The zero-order valence-electron chi connectivity index (χ0n) is 7.03. The van der Waals surface area contributed by atoms with Crippen LogP contribution in [0.2, 0.25) is 0 Å². The summed E-state index contributed by atoms with van der Waals surface area (Å²) >= 11 is 0. The number of ether oxygens (including phenoxy) is 1. The van der Waals surface area contributed by atoms with Gasteiger partial charge in [-0.25, -0.2) is 10.9 Å². The third-order valence-electron chi connectivity index (χ3n) is 1.74. The van der Waals surface area contributed by atoms with Crippen LogP contribution in [0, 0.1) is 0 Å². The summed E-state index contributed by atoms with van der Waals surface area (Å²) in [7, 11) is 0. The van der Waals surface area contributed by atoms with Crippen molar-refractivity contribution >= 4 is 0 Å². The molecule has 0 radical (unpaired) electrons. The first-order valence-electron chi connectivity index (χ1n) is 3.93. The van der Waals surface area contributed by atoms with Gasteiger partial charge >= 0.3 is 0 Å². The van der Waals surface area contributed by atoms with Crippen LogP contribution >= 0.6 is 0 Å². The molecule has 1 saturated heterocycles. The molecule has 0 aromatic heterocycles. The van der Waals surface area contributed by atoms with Crippen LogP contribution in [0.1, 0.15) is 6.92 Å². The zero-order chi connectivity index (χ0) is 9.14. The normalized spacial score (nSPS) is 35.0. The van der Waals surface area contributed by atoms with Crippen molar-refractivity contribution in [1.29, 1.82) is 0 Å². The lowest BCUT2D eigenvalue weighted by molar-refractivity contribution is 0.00143. The van der Waals surface area contributed by atoms with E-state index in [-0.39, 0.29) is 25.1 Å². The van der Waals surface area contributed by atoms with E-state index < -0.39 is 6.04 Å². The molecule has 0 aromatic carbocycles. The average molecular weight is 176 g/mol. The highest BCUT2D eigenvalue weighted by Gasteiger charge is 2.30. The molecule has 1 aliphatic heterocycles. The van der Waals surface area contributed by atoms with E-state index in [9.17, 15) is 0 Å². The highest BCUT2D eigenvalue weighted by Crippen LogP contribution is 2.05. The second kappa shape index (κ2) is 4.13. The summed E-state index contributed by atoms with van der Waals surface area (Å²) in [4.78, 5) is 0. The summed E-state index contributed by atoms with van der Waals surface area (Å²) in [6.45, 7) is 1.71. The predicted molar refractivity (Wildman–Crippen MR) is 43.6 cm³/mol. The monoisotopic (exact) mass is 176 g/mol. The van der Waals surface area contributed by atoms with Crippen molar-refractivity contribution in [2.24, 2.45) is 11.5 Å². The van der Waals surface area contributed by atoms with Crippen molar-refractivity contribution in [3.63, 3.8) is 0 Å². The SMILES string of the molecule is CC(N)C1NNC(C(N)CO)O1. The van der Waals surface area contributed by atoms with Crippen LogP contribution < -0.4 is 22.3 Å². The highest BCUT2D eigenvalue weighted by atomic mass is 16.6. The van der Waals surface area contributed by atoms with E-state index in [2.05, 4.69) is 10.9 Å². The molecule has 7 N–H and O–H groups in total. The van der Waals surface area contributed by atoms with Crippen LogP contribution in [-0.2, 0) is 4.74 Å². The largest absolute Gasteiger partial charge is 0.395 e. The maximum atomic E-state index is 8.72. The van der Waals surface area contributed by atoms with Gasteiger partial charge in [0, 0.05) is 6.04 Å². The summed E-state index contributed by atoms with van der Waals surface area (Å²) in [5.41, 5.74) is 16.7. The molecule has 6 heteroatoms. The number of nitrogens with two attached hydrogens (primary N) is 2. The molecule has 12 heavy (non-hydrogen) atoms. The summed E-state index contributed by atoms with van der Waals surface area (Å²) in [6.07, 6.45) is -0.612. The molecule has 0 aliphatic carbocycles. The molecular weight excluding hydrogens is 160 g/mol. The third-order valence-corrected chi connectivity index (χ3v) is 1.74. The fourth-order valence-electron chi connectivity index (χ4n) is 0.949. The van der Waals surface area contributed by atoms with Gasteiger partial charge in [0.25, 0.3) is 0 Å². The van der Waals surface area contributed by atoms with E-state index in [1.54, 1.807) is 0 Å². The molecule has 0 bridgehead atoms. The van der Waals surface area contributed by atoms with Crippen molar-refractivity contribution < 1.29 is 9.84 Å². The first-order valence-corrected chi connectivity index (χ1v) is 3.93. The second-order valence-electron chi connectivity index (χ2n) is 2.97. The summed E-state index contributed by atoms with van der Waals surface area (Å²) in [5, 5.41) is 8.72. The molecule has 1 aliphatic rings. The molecule has 72 valence electrons. The second-order valence-corrected chi connectivity index (χ2v) is 2.97. The number of hydrogen-bond acceptors (Lipinski definition) is 6. The molecule has 6 nitrogen and oxygen atoms in total. The number of hydrazine groups is 1. The molecule has 4 unspecified atom stereocenters. The number of hydrogen-bond donors (Lipinski definition) is 5. The van der Waals surface area contributed by atoms with E-state index in [0.29, 0.717) is 0 Å². The maximum Gasteiger partial charge on any atom is 0.140 e. The van der Waals surface area contributed by atoms with Gasteiger partial charge in [0.05, 0.1) is 12.6 Å². The van der Waals surface area contributed by atoms with Gasteiger partial charge < -0.3 is 21.3 Å². The summed E-state index contributed by atoms with van der Waals surface area (Å²) in [6, 6.07) is -0.547. The molecular formula is C6H16N4O2. The highest BCUT2D eigenvalue weighted by molar-refractivity contribution is 4.78. The first kappa shape index (κ1) is 9.85. The Labute approximate surface area is 71.2 Å². The van der Waals surface area contributed by atoms with Crippen molar-refractivity contribution in [2.45, 2.75) is 31.5 Å². The molecule has 1 fully saturated rings.